The number of nitriles is 1. The van der Waals surface area contributed by atoms with Gasteiger partial charge in [-0.25, -0.2) is 9.18 Å². The van der Waals surface area contributed by atoms with E-state index in [9.17, 15) is 14.0 Å². The average molecular weight is 358 g/mol. The molecule has 0 N–H and O–H groups in total. The molecular weight excluding hydrogens is 335 g/mol. The number of hydrogen-bond donors (Lipinski definition) is 0. The number of ether oxygens (including phenoxy) is 1. The largest absolute Gasteiger partial charge is 0.444 e. The minimum absolute atomic E-state index is 0.0285. The number of hydrogen-bond acceptors (Lipinski definition) is 4. The fourth-order valence-electron chi connectivity index (χ4n) is 4.01. The number of amides is 1. The van der Waals surface area contributed by atoms with Crippen LogP contribution in [-0.4, -0.2) is 34.5 Å². The van der Waals surface area contributed by atoms with E-state index in [4.69, 9.17) is 10.00 Å². The van der Waals surface area contributed by atoms with Crippen LogP contribution in [0.3, 0.4) is 0 Å². The molecule has 1 aromatic rings. The summed E-state index contributed by atoms with van der Waals surface area (Å²) in [5.74, 6) is -1.22. The lowest BCUT2D eigenvalue weighted by molar-refractivity contribution is 0.00250. The van der Waals surface area contributed by atoms with Crippen molar-refractivity contribution in [3.05, 3.63) is 35.1 Å². The number of piperidine rings is 1. The molecule has 0 radical (unpaired) electrons. The topological polar surface area (TPSA) is 70.4 Å². The number of carbonyl (C=O) groups excluding carboxylic acids is 2. The summed E-state index contributed by atoms with van der Waals surface area (Å²) >= 11 is 0. The first kappa shape index (κ1) is 18.4. The van der Waals surface area contributed by atoms with Crippen LogP contribution in [0.25, 0.3) is 0 Å². The van der Waals surface area contributed by atoms with E-state index in [-0.39, 0.29) is 41.0 Å². The van der Waals surface area contributed by atoms with Crippen molar-refractivity contribution in [3.63, 3.8) is 0 Å². The zero-order valence-electron chi connectivity index (χ0n) is 15.3. The Kier molecular flexibility index (Phi) is 4.74. The summed E-state index contributed by atoms with van der Waals surface area (Å²) in [6.45, 7) is 5.48. The minimum atomic E-state index is -0.601. The highest BCUT2D eigenvalue weighted by molar-refractivity contribution is 5.98. The number of halogens is 1. The van der Waals surface area contributed by atoms with Crippen LogP contribution in [0.2, 0.25) is 0 Å². The van der Waals surface area contributed by atoms with Crippen LogP contribution in [0.1, 0.15) is 62.4 Å². The summed E-state index contributed by atoms with van der Waals surface area (Å²) in [4.78, 5) is 27.1. The summed E-state index contributed by atoms with van der Waals surface area (Å²) in [7, 11) is 0. The Hall–Kier alpha value is -2.42. The minimum Gasteiger partial charge on any atom is -0.444 e. The van der Waals surface area contributed by atoms with Gasteiger partial charge >= 0.3 is 6.09 Å². The standard InChI is InChI=1S/C20H23FN2O3/c1-20(2,3)26-19(25)23-14-5-6-15(23)10-13(9-14)18(24)16-8-12(11-22)4-7-17(16)21/h4,7-8,13-15H,5-6,9-10H2,1-3H3. The maximum absolute atomic E-state index is 14.1. The van der Waals surface area contributed by atoms with Crippen LogP contribution in [0.5, 0.6) is 0 Å². The predicted molar refractivity (Wildman–Crippen MR) is 93.1 cm³/mol. The number of rotatable bonds is 2. The Morgan fingerprint density at radius 3 is 2.38 bits per heavy atom. The number of ketones is 1. The third-order valence-electron chi connectivity index (χ3n) is 5.07. The summed E-state index contributed by atoms with van der Waals surface area (Å²) in [6, 6.07) is 5.67. The molecule has 2 bridgehead atoms. The lowest BCUT2D eigenvalue weighted by atomic mass is 9.84. The number of nitrogens with zero attached hydrogens (tertiary/aromatic N) is 2. The first-order chi connectivity index (χ1) is 12.2. The maximum Gasteiger partial charge on any atom is 0.410 e. The van der Waals surface area contributed by atoms with Gasteiger partial charge < -0.3 is 9.64 Å². The predicted octanol–water partition coefficient (Wildman–Crippen LogP) is 4.06. The second kappa shape index (κ2) is 6.71. The van der Waals surface area contributed by atoms with E-state index in [1.807, 2.05) is 26.8 Å². The molecule has 6 heteroatoms. The molecule has 138 valence electrons. The highest BCUT2D eigenvalue weighted by Gasteiger charge is 2.46. The van der Waals surface area contributed by atoms with E-state index in [2.05, 4.69) is 0 Å². The fourth-order valence-corrected chi connectivity index (χ4v) is 4.01. The van der Waals surface area contributed by atoms with Crippen molar-refractivity contribution in [2.24, 2.45) is 5.92 Å². The lowest BCUT2D eigenvalue weighted by Gasteiger charge is -2.39. The zero-order chi connectivity index (χ0) is 19.1. The molecule has 1 aromatic carbocycles. The van der Waals surface area contributed by atoms with Gasteiger partial charge in [0.1, 0.15) is 11.4 Å². The van der Waals surface area contributed by atoms with Gasteiger partial charge in [-0.2, -0.15) is 5.26 Å². The molecule has 2 unspecified atom stereocenters. The van der Waals surface area contributed by atoms with Crippen LogP contribution in [-0.2, 0) is 4.74 Å². The summed E-state index contributed by atoms with van der Waals surface area (Å²) in [5, 5.41) is 8.99. The fraction of sp³-hybridized carbons (Fsp3) is 0.550. The number of benzene rings is 1. The first-order valence-electron chi connectivity index (χ1n) is 8.95. The summed E-state index contributed by atoms with van der Waals surface area (Å²) in [5.41, 5.74) is -0.326. The zero-order valence-corrected chi connectivity index (χ0v) is 15.3. The third-order valence-corrected chi connectivity index (χ3v) is 5.07. The smallest absolute Gasteiger partial charge is 0.410 e. The van der Waals surface area contributed by atoms with Gasteiger partial charge in [-0.15, -0.1) is 0 Å². The SMILES string of the molecule is CC(C)(C)OC(=O)N1C2CCC1CC(C(=O)c1cc(C#N)ccc1F)C2. The van der Waals surface area contributed by atoms with E-state index >= 15 is 0 Å². The summed E-state index contributed by atoms with van der Waals surface area (Å²) < 4.78 is 19.6. The third kappa shape index (κ3) is 3.57. The van der Waals surface area contributed by atoms with Crippen molar-refractivity contribution < 1.29 is 18.7 Å². The van der Waals surface area contributed by atoms with Gasteiger partial charge in [0.15, 0.2) is 5.78 Å². The van der Waals surface area contributed by atoms with Crippen molar-refractivity contribution in [2.45, 2.75) is 64.1 Å². The molecule has 26 heavy (non-hydrogen) atoms. The Labute approximate surface area is 152 Å². The molecule has 5 nitrogen and oxygen atoms in total. The van der Waals surface area contributed by atoms with Crippen LogP contribution >= 0.6 is 0 Å². The lowest BCUT2D eigenvalue weighted by Crippen LogP contribution is -2.49. The Bertz CT molecular complexity index is 764. The highest BCUT2D eigenvalue weighted by atomic mass is 19.1. The number of Topliss-reactive ketones (excluding diaryl/α,β-unsaturated/α-hetero) is 1. The van der Waals surface area contributed by atoms with E-state index in [1.165, 1.54) is 12.1 Å². The van der Waals surface area contributed by atoms with Gasteiger partial charge in [-0.3, -0.25) is 4.79 Å². The van der Waals surface area contributed by atoms with Crippen molar-refractivity contribution in [1.82, 2.24) is 4.90 Å². The van der Waals surface area contributed by atoms with E-state index in [0.717, 1.165) is 18.9 Å². The Balaban J connectivity index is 1.76. The normalized spacial score (nSPS) is 24.9. The molecule has 1 amide bonds. The number of carbonyl (C=O) groups is 2. The second-order valence-electron chi connectivity index (χ2n) is 8.11. The Morgan fingerprint density at radius 1 is 1.23 bits per heavy atom. The quantitative estimate of drug-likeness (QED) is 0.748. The highest BCUT2D eigenvalue weighted by Crippen LogP contribution is 2.40. The van der Waals surface area contributed by atoms with Crippen molar-refractivity contribution in [2.75, 3.05) is 0 Å². The molecule has 2 atom stereocenters. The monoisotopic (exact) mass is 358 g/mol. The molecule has 0 saturated carbocycles. The van der Waals surface area contributed by atoms with Gasteiger partial charge in [-0.1, -0.05) is 0 Å². The molecular formula is C20H23FN2O3. The molecule has 0 aromatic heterocycles. The first-order valence-corrected chi connectivity index (χ1v) is 8.95. The van der Waals surface area contributed by atoms with E-state index in [1.54, 1.807) is 4.90 Å². The van der Waals surface area contributed by atoms with Crippen LogP contribution in [0, 0.1) is 23.1 Å². The molecule has 2 saturated heterocycles. The number of fused-ring (bicyclic) bond motifs is 2. The van der Waals surface area contributed by atoms with Gasteiger partial charge in [-0.05, 0) is 64.7 Å². The molecule has 2 heterocycles. The van der Waals surface area contributed by atoms with Crippen molar-refractivity contribution in [1.29, 1.82) is 5.26 Å². The Morgan fingerprint density at radius 2 is 1.85 bits per heavy atom. The van der Waals surface area contributed by atoms with Crippen LogP contribution in [0.15, 0.2) is 18.2 Å². The van der Waals surface area contributed by atoms with Gasteiger partial charge in [0.2, 0.25) is 0 Å². The van der Waals surface area contributed by atoms with Crippen molar-refractivity contribution in [3.8, 4) is 6.07 Å². The molecule has 2 aliphatic heterocycles. The average Bonchev–Trinajstić information content (AvgIpc) is 2.83. The van der Waals surface area contributed by atoms with E-state index < -0.39 is 11.4 Å². The molecule has 2 fully saturated rings. The van der Waals surface area contributed by atoms with Crippen molar-refractivity contribution >= 4 is 11.9 Å². The van der Waals surface area contributed by atoms with Gasteiger partial charge in [0, 0.05) is 18.0 Å². The summed E-state index contributed by atoms with van der Waals surface area (Å²) in [6.07, 6.45) is 2.33. The second-order valence-corrected chi connectivity index (χ2v) is 8.11. The van der Waals surface area contributed by atoms with E-state index in [0.29, 0.717) is 12.8 Å². The molecule has 0 spiro atoms. The van der Waals surface area contributed by atoms with Crippen LogP contribution < -0.4 is 0 Å². The van der Waals surface area contributed by atoms with Crippen LogP contribution in [0.4, 0.5) is 9.18 Å². The molecule has 3 rings (SSSR count). The van der Waals surface area contributed by atoms with Gasteiger partial charge in [0.05, 0.1) is 17.2 Å². The van der Waals surface area contributed by atoms with Gasteiger partial charge in [0.25, 0.3) is 0 Å². The maximum atomic E-state index is 14.1. The molecule has 2 aliphatic rings. The molecule has 0 aliphatic carbocycles.